The molecule has 0 amide bonds. The molecule has 0 aliphatic carbocycles. The van der Waals surface area contributed by atoms with E-state index in [1.54, 1.807) is 0 Å². The number of rotatable bonds is 10. The molecule has 0 aliphatic rings. The van der Waals surface area contributed by atoms with Crippen LogP contribution in [-0.2, 0) is 0 Å². The van der Waals surface area contributed by atoms with Crippen LogP contribution in [0.2, 0.25) is 0 Å². The van der Waals surface area contributed by atoms with E-state index in [0.717, 1.165) is 19.5 Å². The summed E-state index contributed by atoms with van der Waals surface area (Å²) in [5.74, 6) is 0. The van der Waals surface area contributed by atoms with Crippen LogP contribution < -0.4 is 5.32 Å². The lowest BCUT2D eigenvalue weighted by Crippen LogP contribution is -2.16. The standard InChI is InChI=1S/C11H24FN/c1-2-3-4-5-7-10-13-11-8-6-9-12/h13H,2-11H2,1H3. The maximum absolute atomic E-state index is 11.7. The van der Waals surface area contributed by atoms with Gasteiger partial charge in [-0.15, -0.1) is 0 Å². The second-order valence-corrected chi connectivity index (χ2v) is 3.56. The summed E-state index contributed by atoms with van der Waals surface area (Å²) in [7, 11) is 0. The Balaban J connectivity index is 2.76. The molecule has 0 aromatic rings. The molecule has 0 bridgehead atoms. The van der Waals surface area contributed by atoms with Crippen molar-refractivity contribution in [1.82, 2.24) is 5.32 Å². The first-order valence-corrected chi connectivity index (χ1v) is 5.68. The fourth-order valence-electron chi connectivity index (χ4n) is 1.32. The van der Waals surface area contributed by atoms with Gasteiger partial charge in [0.2, 0.25) is 0 Å². The molecular formula is C11H24FN. The maximum atomic E-state index is 11.7. The molecule has 0 unspecified atom stereocenters. The van der Waals surface area contributed by atoms with Crippen LogP contribution in [0.4, 0.5) is 4.39 Å². The summed E-state index contributed by atoms with van der Waals surface area (Å²) in [4.78, 5) is 0. The SMILES string of the molecule is CCCCCCCNCCCCF. The molecule has 0 radical (unpaired) electrons. The van der Waals surface area contributed by atoms with Crippen molar-refractivity contribution in [3.63, 3.8) is 0 Å². The summed E-state index contributed by atoms with van der Waals surface area (Å²) >= 11 is 0. The van der Waals surface area contributed by atoms with Crippen LogP contribution in [0.3, 0.4) is 0 Å². The lowest BCUT2D eigenvalue weighted by molar-refractivity contribution is 0.453. The zero-order valence-corrected chi connectivity index (χ0v) is 8.95. The lowest BCUT2D eigenvalue weighted by Gasteiger charge is -2.03. The summed E-state index contributed by atoms with van der Waals surface area (Å²) in [6, 6.07) is 0. The van der Waals surface area contributed by atoms with Gasteiger partial charge in [0.25, 0.3) is 0 Å². The molecule has 0 heterocycles. The zero-order valence-electron chi connectivity index (χ0n) is 8.95. The molecule has 0 aromatic carbocycles. The molecule has 13 heavy (non-hydrogen) atoms. The van der Waals surface area contributed by atoms with Gasteiger partial charge in [0.05, 0.1) is 6.67 Å². The van der Waals surface area contributed by atoms with Gasteiger partial charge in [0, 0.05) is 0 Å². The quantitative estimate of drug-likeness (QED) is 0.520. The fourth-order valence-corrected chi connectivity index (χ4v) is 1.32. The summed E-state index contributed by atoms with van der Waals surface area (Å²) in [5.41, 5.74) is 0. The molecule has 0 spiro atoms. The Labute approximate surface area is 82.1 Å². The van der Waals surface area contributed by atoms with Gasteiger partial charge in [-0.05, 0) is 32.4 Å². The van der Waals surface area contributed by atoms with Crippen LogP contribution in [0.25, 0.3) is 0 Å². The zero-order chi connectivity index (χ0) is 9.78. The van der Waals surface area contributed by atoms with Crippen molar-refractivity contribution < 1.29 is 4.39 Å². The van der Waals surface area contributed by atoms with Crippen molar-refractivity contribution in [2.45, 2.75) is 51.9 Å². The molecule has 2 heteroatoms. The van der Waals surface area contributed by atoms with E-state index in [-0.39, 0.29) is 6.67 Å². The Morgan fingerprint density at radius 2 is 1.46 bits per heavy atom. The van der Waals surface area contributed by atoms with Gasteiger partial charge in [-0.25, -0.2) is 0 Å². The van der Waals surface area contributed by atoms with Gasteiger partial charge in [-0.3, -0.25) is 4.39 Å². The highest BCUT2D eigenvalue weighted by Gasteiger charge is 1.89. The molecule has 0 rings (SSSR count). The Bertz CT molecular complexity index is 76.2. The van der Waals surface area contributed by atoms with Gasteiger partial charge in [-0.2, -0.15) is 0 Å². The van der Waals surface area contributed by atoms with Crippen molar-refractivity contribution in [3.05, 3.63) is 0 Å². The highest BCUT2D eigenvalue weighted by Crippen LogP contribution is 2.01. The molecule has 1 N–H and O–H groups in total. The summed E-state index contributed by atoms with van der Waals surface area (Å²) in [6.45, 7) is 4.15. The second kappa shape index (κ2) is 11.9. The Hall–Kier alpha value is -0.110. The van der Waals surface area contributed by atoms with Gasteiger partial charge < -0.3 is 5.32 Å². The third-order valence-electron chi connectivity index (χ3n) is 2.19. The molecule has 0 aromatic heterocycles. The number of halogens is 1. The maximum Gasteiger partial charge on any atom is 0.0894 e. The van der Waals surface area contributed by atoms with Crippen molar-refractivity contribution in [2.24, 2.45) is 0 Å². The van der Waals surface area contributed by atoms with Crippen molar-refractivity contribution >= 4 is 0 Å². The highest BCUT2D eigenvalue weighted by molar-refractivity contribution is 4.49. The van der Waals surface area contributed by atoms with Crippen LogP contribution in [0, 0.1) is 0 Å². The fraction of sp³-hybridized carbons (Fsp3) is 1.00. The smallest absolute Gasteiger partial charge is 0.0894 e. The first kappa shape index (κ1) is 12.9. The van der Waals surface area contributed by atoms with E-state index in [0.29, 0.717) is 6.42 Å². The normalized spacial score (nSPS) is 10.6. The topological polar surface area (TPSA) is 12.0 Å². The van der Waals surface area contributed by atoms with E-state index in [2.05, 4.69) is 12.2 Å². The third-order valence-corrected chi connectivity index (χ3v) is 2.19. The van der Waals surface area contributed by atoms with Gasteiger partial charge in [0.1, 0.15) is 0 Å². The van der Waals surface area contributed by atoms with E-state index in [1.165, 1.54) is 32.1 Å². The molecule has 0 atom stereocenters. The molecule has 0 aliphatic heterocycles. The minimum Gasteiger partial charge on any atom is -0.317 e. The van der Waals surface area contributed by atoms with Gasteiger partial charge in [-0.1, -0.05) is 32.6 Å². The average molecular weight is 189 g/mol. The van der Waals surface area contributed by atoms with E-state index in [4.69, 9.17) is 0 Å². The predicted molar refractivity (Wildman–Crippen MR) is 56.8 cm³/mol. The summed E-state index contributed by atoms with van der Waals surface area (Å²) in [6.07, 6.45) is 8.34. The molecule has 0 saturated carbocycles. The molecule has 0 fully saturated rings. The van der Waals surface area contributed by atoms with Crippen molar-refractivity contribution in [1.29, 1.82) is 0 Å². The largest absolute Gasteiger partial charge is 0.317 e. The Morgan fingerprint density at radius 3 is 2.08 bits per heavy atom. The number of alkyl halides is 1. The Kier molecular flexibility index (Phi) is 11.8. The second-order valence-electron chi connectivity index (χ2n) is 3.56. The first-order valence-electron chi connectivity index (χ1n) is 5.68. The predicted octanol–water partition coefficient (Wildman–Crippen LogP) is 3.30. The van der Waals surface area contributed by atoms with Crippen LogP contribution >= 0.6 is 0 Å². The number of hydrogen-bond acceptors (Lipinski definition) is 1. The Morgan fingerprint density at radius 1 is 0.846 bits per heavy atom. The van der Waals surface area contributed by atoms with E-state index in [1.807, 2.05) is 0 Å². The minimum absolute atomic E-state index is 0.168. The molecule has 80 valence electrons. The van der Waals surface area contributed by atoms with Gasteiger partial charge >= 0.3 is 0 Å². The van der Waals surface area contributed by atoms with Crippen LogP contribution in [0.1, 0.15) is 51.9 Å². The first-order chi connectivity index (χ1) is 6.41. The van der Waals surface area contributed by atoms with E-state index < -0.39 is 0 Å². The minimum atomic E-state index is -0.168. The molecule has 1 nitrogen and oxygen atoms in total. The van der Waals surface area contributed by atoms with Gasteiger partial charge in [0.15, 0.2) is 0 Å². The average Bonchev–Trinajstić information content (AvgIpc) is 2.16. The molecule has 0 saturated heterocycles. The molecular weight excluding hydrogens is 165 g/mol. The van der Waals surface area contributed by atoms with Crippen LogP contribution in [-0.4, -0.2) is 19.8 Å². The number of nitrogens with one attached hydrogen (secondary N) is 1. The monoisotopic (exact) mass is 189 g/mol. The van der Waals surface area contributed by atoms with Crippen molar-refractivity contribution in [3.8, 4) is 0 Å². The number of unbranched alkanes of at least 4 members (excludes halogenated alkanes) is 5. The third kappa shape index (κ3) is 11.9. The lowest BCUT2D eigenvalue weighted by atomic mass is 10.1. The number of hydrogen-bond donors (Lipinski definition) is 1. The summed E-state index contributed by atoms with van der Waals surface area (Å²) in [5, 5.41) is 3.33. The van der Waals surface area contributed by atoms with Crippen LogP contribution in [0.5, 0.6) is 0 Å². The van der Waals surface area contributed by atoms with E-state index in [9.17, 15) is 4.39 Å². The van der Waals surface area contributed by atoms with E-state index >= 15 is 0 Å². The summed E-state index contributed by atoms with van der Waals surface area (Å²) < 4.78 is 11.7. The van der Waals surface area contributed by atoms with Crippen LogP contribution in [0.15, 0.2) is 0 Å². The highest BCUT2D eigenvalue weighted by atomic mass is 19.1. The van der Waals surface area contributed by atoms with Crippen molar-refractivity contribution in [2.75, 3.05) is 19.8 Å².